The van der Waals surface area contributed by atoms with Gasteiger partial charge in [0.15, 0.2) is 5.75 Å². The molecule has 0 aliphatic carbocycles. The molecule has 0 heterocycles. The van der Waals surface area contributed by atoms with E-state index in [1.54, 1.807) is 12.1 Å². The number of rotatable bonds is 4. The van der Waals surface area contributed by atoms with Gasteiger partial charge in [0.2, 0.25) is 0 Å². The number of hydrogen-bond donors (Lipinski definition) is 2. The third kappa shape index (κ3) is 4.63. The van der Waals surface area contributed by atoms with Gasteiger partial charge in [-0.2, -0.15) is 5.10 Å². The van der Waals surface area contributed by atoms with Crippen LogP contribution in [0.15, 0.2) is 47.6 Å². The summed E-state index contributed by atoms with van der Waals surface area (Å²) in [7, 11) is 0. The van der Waals surface area contributed by atoms with Gasteiger partial charge >= 0.3 is 5.69 Å². The van der Waals surface area contributed by atoms with Gasteiger partial charge in [0.05, 0.1) is 11.1 Å². The average Bonchev–Trinajstić information content (AvgIpc) is 2.54. The Morgan fingerprint density at radius 1 is 1.20 bits per heavy atom. The van der Waals surface area contributed by atoms with Gasteiger partial charge in [0, 0.05) is 11.6 Å². The minimum atomic E-state index is -0.681. The van der Waals surface area contributed by atoms with Crippen molar-refractivity contribution in [3.8, 4) is 5.75 Å². The van der Waals surface area contributed by atoms with Crippen molar-refractivity contribution < 1.29 is 14.8 Å². The highest BCUT2D eigenvalue weighted by atomic mass is 16.6. The van der Waals surface area contributed by atoms with Crippen LogP contribution in [0.3, 0.4) is 0 Å². The van der Waals surface area contributed by atoms with E-state index >= 15 is 0 Å². The summed E-state index contributed by atoms with van der Waals surface area (Å²) in [4.78, 5) is 22.0. The number of nitrogens with one attached hydrogen (secondary N) is 1. The third-order valence-electron chi connectivity index (χ3n) is 3.59. The van der Waals surface area contributed by atoms with Gasteiger partial charge in [0.1, 0.15) is 0 Å². The van der Waals surface area contributed by atoms with E-state index in [1.165, 1.54) is 24.4 Å². The SMILES string of the molecule is CC(C)(C)c1ccc(C(=O)N/N=C\c2ccc([N+](=O)[O-])c(O)c2)cc1. The van der Waals surface area contributed by atoms with Crippen LogP contribution in [0.4, 0.5) is 5.69 Å². The molecular formula is C18H19N3O4. The molecule has 2 aromatic carbocycles. The number of amides is 1. The van der Waals surface area contributed by atoms with Crippen molar-refractivity contribution in [1.29, 1.82) is 0 Å². The lowest BCUT2D eigenvalue weighted by molar-refractivity contribution is -0.385. The summed E-state index contributed by atoms with van der Waals surface area (Å²) in [6, 6.07) is 11.0. The van der Waals surface area contributed by atoms with Crippen LogP contribution in [0.2, 0.25) is 0 Å². The zero-order valence-electron chi connectivity index (χ0n) is 14.2. The molecule has 0 aliphatic rings. The maximum Gasteiger partial charge on any atom is 0.310 e. The molecule has 0 aliphatic heterocycles. The molecule has 0 saturated carbocycles. The molecule has 0 spiro atoms. The lowest BCUT2D eigenvalue weighted by Gasteiger charge is -2.18. The standard InChI is InChI=1S/C18H19N3O4/c1-18(2,3)14-7-5-13(6-8-14)17(23)20-19-11-12-4-9-15(21(24)25)16(22)10-12/h4-11,22H,1-3H3,(H,20,23)/b19-11-. The number of benzene rings is 2. The van der Waals surface area contributed by atoms with Crippen LogP contribution in [0, 0.1) is 10.1 Å². The molecule has 1 amide bonds. The van der Waals surface area contributed by atoms with E-state index in [0.29, 0.717) is 11.1 Å². The van der Waals surface area contributed by atoms with Gasteiger partial charge < -0.3 is 5.11 Å². The van der Waals surface area contributed by atoms with Crippen LogP contribution < -0.4 is 5.43 Å². The lowest BCUT2D eigenvalue weighted by atomic mass is 9.87. The molecule has 0 bridgehead atoms. The maximum atomic E-state index is 12.0. The van der Waals surface area contributed by atoms with Crippen LogP contribution in [-0.2, 0) is 5.41 Å². The number of aromatic hydroxyl groups is 1. The zero-order chi connectivity index (χ0) is 18.6. The summed E-state index contributed by atoms with van der Waals surface area (Å²) >= 11 is 0. The number of carbonyl (C=O) groups is 1. The van der Waals surface area contributed by atoms with Crippen LogP contribution in [0.1, 0.15) is 42.3 Å². The zero-order valence-corrected chi connectivity index (χ0v) is 14.2. The molecule has 2 aromatic rings. The highest BCUT2D eigenvalue weighted by Crippen LogP contribution is 2.25. The summed E-state index contributed by atoms with van der Waals surface area (Å²) in [5.74, 6) is -0.833. The van der Waals surface area contributed by atoms with Crippen molar-refractivity contribution in [3.63, 3.8) is 0 Å². The van der Waals surface area contributed by atoms with E-state index in [2.05, 4.69) is 31.3 Å². The Labute approximate surface area is 145 Å². The van der Waals surface area contributed by atoms with Crippen LogP contribution in [0.5, 0.6) is 5.75 Å². The topological polar surface area (TPSA) is 105 Å². The second-order valence-corrected chi connectivity index (χ2v) is 6.53. The molecule has 2 N–H and O–H groups in total. The fourth-order valence-corrected chi connectivity index (χ4v) is 2.13. The number of phenols is 1. The Kier molecular flexibility index (Phi) is 5.17. The number of nitro groups is 1. The largest absolute Gasteiger partial charge is 0.502 e. The Bertz CT molecular complexity index is 821. The summed E-state index contributed by atoms with van der Waals surface area (Å²) < 4.78 is 0. The van der Waals surface area contributed by atoms with Crippen molar-refractivity contribution in [2.24, 2.45) is 5.10 Å². The molecule has 0 radical (unpaired) electrons. The van der Waals surface area contributed by atoms with E-state index < -0.39 is 10.7 Å². The molecule has 130 valence electrons. The molecule has 2 rings (SSSR count). The number of hydrazone groups is 1. The molecule has 0 aromatic heterocycles. The molecule has 0 atom stereocenters. The minimum Gasteiger partial charge on any atom is -0.502 e. The van der Waals surface area contributed by atoms with E-state index in [9.17, 15) is 20.0 Å². The van der Waals surface area contributed by atoms with Gasteiger partial charge in [-0.3, -0.25) is 14.9 Å². The lowest BCUT2D eigenvalue weighted by Crippen LogP contribution is -2.18. The number of carbonyl (C=O) groups excluding carboxylic acids is 1. The molecular weight excluding hydrogens is 322 g/mol. The summed E-state index contributed by atoms with van der Waals surface area (Å²) in [5.41, 5.74) is 4.00. The highest BCUT2D eigenvalue weighted by molar-refractivity contribution is 5.95. The molecule has 0 fully saturated rings. The summed E-state index contributed by atoms with van der Waals surface area (Å²) in [5, 5.41) is 24.0. The molecule has 0 saturated heterocycles. The van der Waals surface area contributed by atoms with Gasteiger partial charge in [-0.05, 0) is 40.8 Å². The first-order chi connectivity index (χ1) is 11.7. The minimum absolute atomic E-state index is 0.00504. The van der Waals surface area contributed by atoms with Crippen molar-refractivity contribution in [1.82, 2.24) is 5.43 Å². The van der Waals surface area contributed by atoms with Gasteiger partial charge in [-0.25, -0.2) is 5.43 Å². The number of phenolic OH excluding ortho intramolecular Hbond substituents is 1. The Morgan fingerprint density at radius 3 is 2.36 bits per heavy atom. The number of hydrogen-bond acceptors (Lipinski definition) is 5. The normalized spacial score (nSPS) is 11.5. The third-order valence-corrected chi connectivity index (χ3v) is 3.59. The van der Waals surface area contributed by atoms with Crippen LogP contribution in [-0.4, -0.2) is 22.2 Å². The van der Waals surface area contributed by atoms with E-state index in [1.807, 2.05) is 12.1 Å². The van der Waals surface area contributed by atoms with Gasteiger partial charge in [0.25, 0.3) is 5.91 Å². The summed E-state index contributed by atoms with van der Waals surface area (Å²) in [6.45, 7) is 6.27. The van der Waals surface area contributed by atoms with Crippen molar-refractivity contribution in [2.45, 2.75) is 26.2 Å². The van der Waals surface area contributed by atoms with Crippen molar-refractivity contribution >= 4 is 17.8 Å². The first kappa shape index (κ1) is 18.1. The van der Waals surface area contributed by atoms with Crippen molar-refractivity contribution in [3.05, 3.63) is 69.3 Å². The van der Waals surface area contributed by atoms with Crippen molar-refractivity contribution in [2.75, 3.05) is 0 Å². The number of nitro benzene ring substituents is 1. The quantitative estimate of drug-likeness (QED) is 0.505. The van der Waals surface area contributed by atoms with E-state index in [0.717, 1.165) is 5.56 Å². The molecule has 7 nitrogen and oxygen atoms in total. The van der Waals surface area contributed by atoms with Gasteiger partial charge in [-0.1, -0.05) is 32.9 Å². The van der Waals surface area contributed by atoms with Crippen LogP contribution in [0.25, 0.3) is 0 Å². The molecule has 7 heteroatoms. The predicted molar refractivity (Wildman–Crippen MR) is 95.0 cm³/mol. The fraction of sp³-hybridized carbons (Fsp3) is 0.222. The smallest absolute Gasteiger partial charge is 0.310 e. The highest BCUT2D eigenvalue weighted by Gasteiger charge is 2.14. The van der Waals surface area contributed by atoms with Crippen LogP contribution >= 0.6 is 0 Å². The van der Waals surface area contributed by atoms with Gasteiger partial charge in [-0.15, -0.1) is 0 Å². The molecule has 25 heavy (non-hydrogen) atoms. The Hall–Kier alpha value is -3.22. The van der Waals surface area contributed by atoms with E-state index in [4.69, 9.17) is 0 Å². The number of nitrogens with zero attached hydrogens (tertiary/aromatic N) is 2. The maximum absolute atomic E-state index is 12.0. The molecule has 0 unspecified atom stereocenters. The Balaban J connectivity index is 2.03. The average molecular weight is 341 g/mol. The summed E-state index contributed by atoms with van der Waals surface area (Å²) in [6.07, 6.45) is 1.30. The predicted octanol–water partition coefficient (Wildman–Crippen LogP) is 3.36. The monoisotopic (exact) mass is 341 g/mol. The Morgan fingerprint density at radius 2 is 1.84 bits per heavy atom. The first-order valence-corrected chi connectivity index (χ1v) is 7.60. The first-order valence-electron chi connectivity index (χ1n) is 7.60. The second-order valence-electron chi connectivity index (χ2n) is 6.53. The second kappa shape index (κ2) is 7.12. The fourth-order valence-electron chi connectivity index (χ4n) is 2.13. The van der Waals surface area contributed by atoms with E-state index in [-0.39, 0.29) is 17.0 Å².